The number of ether oxygens (including phenoxy) is 10. The van der Waals surface area contributed by atoms with Crippen LogP contribution in [0.3, 0.4) is 0 Å². The molecule has 0 radical (unpaired) electrons. The molecule has 0 unspecified atom stereocenters. The van der Waals surface area contributed by atoms with Crippen molar-refractivity contribution >= 4 is 11.9 Å². The maximum atomic E-state index is 15.0. The average Bonchev–Trinajstić information content (AvgIpc) is 0.816. The Kier molecular flexibility index (Phi) is 62.0. The van der Waals surface area contributed by atoms with Gasteiger partial charge in [-0.25, -0.2) is 9.59 Å². The minimum atomic E-state index is -1.08. The summed E-state index contributed by atoms with van der Waals surface area (Å²) in [6, 6.07) is 17.0. The summed E-state index contributed by atoms with van der Waals surface area (Å²) in [6.07, 6.45) is 72.7. The van der Waals surface area contributed by atoms with Crippen molar-refractivity contribution in [2.45, 2.75) is 433 Å². The average molecular weight is 1540 g/mol. The van der Waals surface area contributed by atoms with E-state index in [9.17, 15) is 0 Å². The number of hydrogen-bond donors (Lipinski definition) is 0. The number of unbranched alkanes of at least 4 members (excludes halogenated alkanes) is 54. The lowest BCUT2D eigenvalue weighted by Gasteiger charge is -2.39. The molecule has 4 rings (SSSR count). The van der Waals surface area contributed by atoms with Crippen molar-refractivity contribution < 1.29 is 57.0 Å². The van der Waals surface area contributed by atoms with Crippen LogP contribution in [0.2, 0.25) is 0 Å². The summed E-state index contributed by atoms with van der Waals surface area (Å²) in [5.74, 6) is 1.96. The predicted octanol–water partition coefficient (Wildman–Crippen LogP) is 30.2. The van der Waals surface area contributed by atoms with Gasteiger partial charge in [0.1, 0.15) is 13.2 Å². The topological polar surface area (TPSA) is 126 Å². The zero-order valence-electron chi connectivity index (χ0n) is 72.2. The standard InChI is InChI=1S/C98H168O12/c1-7-13-19-25-31-37-43-49-55-64-72-101-89-78-87(79-90(102-73-65-56-50-44-38-32-26-20-14-8-2)93(89)105-76-68-59-53-47-41-35-29-23-17-11-5)95(99)107-82-98(84-109-97(110-85-98)86-70-62-61-63-71-86)83-108-96(100)88-80-91(103-74-66-57-51-45-39-33-27-21-15-9-3)94(106-77-69-60-54-48-42-36-30-24-18-12-6)92(81-88)104-75-67-58-52-46-40-34-28-22-16-10-4/h61-63,70-71,78-81,97H,7-60,64-69,72-77,82-85H2,1-6H3. The van der Waals surface area contributed by atoms with Gasteiger partial charge in [-0.15, -0.1) is 0 Å². The van der Waals surface area contributed by atoms with Crippen LogP contribution in [0.4, 0.5) is 0 Å². The normalized spacial score (nSPS) is 12.9. The van der Waals surface area contributed by atoms with Crippen LogP contribution >= 0.6 is 0 Å². The maximum Gasteiger partial charge on any atom is 0.338 e. The number of benzene rings is 3. The van der Waals surface area contributed by atoms with Crippen LogP contribution < -0.4 is 28.4 Å². The SMILES string of the molecule is CCCCCCCCCCCCOc1cc(C(=O)OCC2(COC(=O)c3cc(OCCCCCCCCCCCC)c(OCCCCCCCCCCCC)c(OCCCCCCCCCCCC)c3)COC(c3ccccc3)OC2)cc(OCCCCCCCCCCCC)c1OCCCCCCCCCCCC. The lowest BCUT2D eigenvalue weighted by Crippen LogP contribution is -2.46. The second-order valence-electron chi connectivity index (χ2n) is 32.8. The van der Waals surface area contributed by atoms with Gasteiger partial charge in [-0.3, -0.25) is 0 Å². The molecule has 0 atom stereocenters. The molecule has 1 aliphatic heterocycles. The first-order valence-corrected chi connectivity index (χ1v) is 47.1. The first kappa shape index (κ1) is 97.7. The molecule has 1 fully saturated rings. The summed E-state index contributed by atoms with van der Waals surface area (Å²) in [4.78, 5) is 30.0. The van der Waals surface area contributed by atoms with Crippen LogP contribution in [0.5, 0.6) is 34.5 Å². The molecule has 3 aromatic carbocycles. The number of hydrogen-bond acceptors (Lipinski definition) is 12. The fourth-order valence-electron chi connectivity index (χ4n) is 14.9. The van der Waals surface area contributed by atoms with Gasteiger partial charge < -0.3 is 47.4 Å². The van der Waals surface area contributed by atoms with Gasteiger partial charge in [0.05, 0.1) is 69.4 Å². The molecule has 0 saturated carbocycles. The maximum absolute atomic E-state index is 15.0. The molecule has 3 aromatic rings. The second kappa shape index (κ2) is 69.8. The van der Waals surface area contributed by atoms with Crippen molar-refractivity contribution in [2.75, 3.05) is 66.1 Å². The lowest BCUT2D eigenvalue weighted by atomic mass is 9.91. The number of carbonyl (C=O) groups is 2. The fraction of sp³-hybridized carbons (Fsp3) is 0.796. The van der Waals surface area contributed by atoms with E-state index in [0.29, 0.717) is 85.3 Å². The van der Waals surface area contributed by atoms with E-state index >= 15 is 9.59 Å². The highest BCUT2D eigenvalue weighted by Gasteiger charge is 2.41. The lowest BCUT2D eigenvalue weighted by molar-refractivity contribution is -0.247. The molecule has 632 valence electrons. The van der Waals surface area contributed by atoms with Gasteiger partial charge in [0, 0.05) is 5.56 Å². The first-order valence-electron chi connectivity index (χ1n) is 47.1. The monoisotopic (exact) mass is 1540 g/mol. The van der Waals surface area contributed by atoms with Crippen molar-refractivity contribution in [3.63, 3.8) is 0 Å². The second-order valence-corrected chi connectivity index (χ2v) is 32.8. The molecule has 0 N–H and O–H groups in total. The van der Waals surface area contributed by atoms with Crippen molar-refractivity contribution in [3.8, 4) is 34.5 Å². The summed E-state index contributed by atoms with van der Waals surface area (Å²) >= 11 is 0. The van der Waals surface area contributed by atoms with Gasteiger partial charge in [0.2, 0.25) is 11.5 Å². The highest BCUT2D eigenvalue weighted by atomic mass is 16.7. The van der Waals surface area contributed by atoms with Crippen LogP contribution in [-0.2, 0) is 18.9 Å². The molecule has 0 spiro atoms. The van der Waals surface area contributed by atoms with Gasteiger partial charge >= 0.3 is 11.9 Å². The largest absolute Gasteiger partial charge is 0.490 e. The molecule has 0 amide bonds. The van der Waals surface area contributed by atoms with Gasteiger partial charge in [-0.05, 0) is 62.8 Å². The Morgan fingerprint density at radius 2 is 0.482 bits per heavy atom. The highest BCUT2D eigenvalue weighted by Crippen LogP contribution is 2.43. The summed E-state index contributed by atoms with van der Waals surface area (Å²) < 4.78 is 66.4. The van der Waals surface area contributed by atoms with Crippen LogP contribution in [-0.4, -0.2) is 78.0 Å². The molecule has 110 heavy (non-hydrogen) atoms. The van der Waals surface area contributed by atoms with Crippen molar-refractivity contribution in [1.82, 2.24) is 0 Å². The Bertz CT molecular complexity index is 2340. The summed E-state index contributed by atoms with van der Waals surface area (Å²) in [7, 11) is 0. The molecule has 12 heteroatoms. The van der Waals surface area contributed by atoms with Gasteiger partial charge in [0.25, 0.3) is 0 Å². The minimum Gasteiger partial charge on any atom is -0.490 e. The van der Waals surface area contributed by atoms with E-state index in [1.807, 2.05) is 30.3 Å². The van der Waals surface area contributed by atoms with Crippen molar-refractivity contribution in [2.24, 2.45) is 5.41 Å². The summed E-state index contributed by atoms with van der Waals surface area (Å²) in [5.41, 5.74) is 0.378. The number of esters is 2. The Morgan fingerprint density at radius 1 is 0.282 bits per heavy atom. The van der Waals surface area contributed by atoms with Gasteiger partial charge in [-0.1, -0.05) is 419 Å². The highest BCUT2D eigenvalue weighted by molar-refractivity contribution is 5.92. The molecular formula is C98H168O12. The molecule has 0 aromatic heterocycles. The Labute approximate surface area is 675 Å². The third-order valence-electron chi connectivity index (χ3n) is 22.2. The van der Waals surface area contributed by atoms with E-state index < -0.39 is 23.6 Å². The Hall–Kier alpha value is -4.68. The first-order chi connectivity index (χ1) is 54.3. The van der Waals surface area contributed by atoms with Crippen LogP contribution in [0.1, 0.15) is 459 Å². The van der Waals surface area contributed by atoms with Crippen LogP contribution in [0.15, 0.2) is 54.6 Å². The molecule has 1 heterocycles. The van der Waals surface area contributed by atoms with Gasteiger partial charge in [0.15, 0.2) is 29.3 Å². The van der Waals surface area contributed by atoms with E-state index in [1.165, 1.54) is 308 Å². The zero-order chi connectivity index (χ0) is 78.4. The van der Waals surface area contributed by atoms with Gasteiger partial charge in [-0.2, -0.15) is 0 Å². The Morgan fingerprint density at radius 3 is 0.700 bits per heavy atom. The van der Waals surface area contributed by atoms with E-state index in [4.69, 9.17) is 47.4 Å². The number of carbonyl (C=O) groups excluding carboxylic acids is 2. The quantitative estimate of drug-likeness (QED) is 0.0394. The molecule has 0 aliphatic carbocycles. The molecular weight excluding hydrogens is 1370 g/mol. The molecule has 1 aliphatic rings. The third kappa shape index (κ3) is 48.5. The fourth-order valence-corrected chi connectivity index (χ4v) is 14.9. The van der Waals surface area contributed by atoms with E-state index in [0.717, 1.165) is 82.6 Å². The van der Waals surface area contributed by atoms with Crippen molar-refractivity contribution in [3.05, 3.63) is 71.3 Å². The zero-order valence-corrected chi connectivity index (χ0v) is 72.2. The van der Waals surface area contributed by atoms with E-state index in [1.54, 1.807) is 24.3 Å². The number of rotatable bonds is 79. The van der Waals surface area contributed by atoms with Crippen LogP contribution in [0.25, 0.3) is 0 Å². The summed E-state index contributed by atoms with van der Waals surface area (Å²) in [5, 5.41) is 0. The molecule has 0 bridgehead atoms. The smallest absolute Gasteiger partial charge is 0.338 e. The van der Waals surface area contributed by atoms with Crippen molar-refractivity contribution in [1.29, 1.82) is 0 Å². The molecule has 12 nitrogen and oxygen atoms in total. The summed E-state index contributed by atoms with van der Waals surface area (Å²) in [6.45, 7) is 16.5. The predicted molar refractivity (Wildman–Crippen MR) is 461 cm³/mol. The Balaban J connectivity index is 1.65. The molecule has 1 saturated heterocycles. The van der Waals surface area contributed by atoms with E-state index in [-0.39, 0.29) is 26.4 Å². The van der Waals surface area contributed by atoms with E-state index in [2.05, 4.69) is 41.5 Å². The third-order valence-corrected chi connectivity index (χ3v) is 22.2. The minimum absolute atomic E-state index is 0.0888. The van der Waals surface area contributed by atoms with Crippen LogP contribution in [0, 0.1) is 5.41 Å².